The fraction of sp³-hybridized carbons (Fsp3) is 0.167. The number of carbonyl (C=O) groups excluding carboxylic acids is 1. The van der Waals surface area contributed by atoms with Gasteiger partial charge >= 0.3 is 6.01 Å². The smallest absolute Gasteiger partial charge is 0.315 e. The molecule has 1 amide bonds. The van der Waals surface area contributed by atoms with Gasteiger partial charge in [-0.3, -0.25) is 14.7 Å². The number of nitrogens with one attached hydrogen (secondary N) is 1. The van der Waals surface area contributed by atoms with Gasteiger partial charge < -0.3 is 4.52 Å². The number of aryl methyl sites for hydroxylation is 1. The largest absolute Gasteiger partial charge is 0.328 e. The van der Waals surface area contributed by atoms with Crippen LogP contribution >= 0.6 is 0 Å². The summed E-state index contributed by atoms with van der Waals surface area (Å²) in [4.78, 5) is 20.3. The van der Waals surface area contributed by atoms with Gasteiger partial charge in [0.2, 0.25) is 0 Å². The topological polar surface area (TPSA) is 112 Å². The van der Waals surface area contributed by atoms with Crippen molar-refractivity contribution in [3.8, 4) is 5.82 Å². The SMILES string of the molecule is CCc1noc(NC(=O)c2cccc(-n3cnnc3)n2)n1. The maximum atomic E-state index is 12.1. The zero-order valence-corrected chi connectivity index (χ0v) is 11.1. The number of nitrogens with zero attached hydrogens (tertiary/aromatic N) is 6. The molecule has 0 saturated heterocycles. The molecule has 9 heteroatoms. The lowest BCUT2D eigenvalue weighted by Crippen LogP contribution is -2.14. The quantitative estimate of drug-likeness (QED) is 0.756. The Morgan fingerprint density at radius 2 is 2.10 bits per heavy atom. The fourth-order valence-corrected chi connectivity index (χ4v) is 1.62. The monoisotopic (exact) mass is 285 g/mol. The number of pyridine rings is 1. The summed E-state index contributed by atoms with van der Waals surface area (Å²) in [6.07, 6.45) is 3.62. The summed E-state index contributed by atoms with van der Waals surface area (Å²) in [6, 6.07) is 5.08. The third kappa shape index (κ3) is 2.76. The van der Waals surface area contributed by atoms with Crippen LogP contribution in [0.3, 0.4) is 0 Å². The standard InChI is InChI=1S/C12H11N7O2/c1-2-9-16-12(21-18-9)17-11(20)8-4-3-5-10(15-8)19-6-13-14-7-19/h3-7H,2H2,1H3,(H,16,17,18,20). The Hall–Kier alpha value is -3.10. The second-order valence-electron chi connectivity index (χ2n) is 4.07. The van der Waals surface area contributed by atoms with E-state index in [2.05, 4.69) is 30.6 Å². The third-order valence-electron chi connectivity index (χ3n) is 2.66. The maximum absolute atomic E-state index is 12.1. The van der Waals surface area contributed by atoms with E-state index in [0.717, 1.165) is 0 Å². The van der Waals surface area contributed by atoms with E-state index in [1.165, 1.54) is 12.7 Å². The first-order chi connectivity index (χ1) is 10.3. The van der Waals surface area contributed by atoms with Gasteiger partial charge in [-0.2, -0.15) is 4.98 Å². The number of carbonyl (C=O) groups is 1. The predicted molar refractivity (Wildman–Crippen MR) is 70.8 cm³/mol. The molecule has 0 aliphatic carbocycles. The van der Waals surface area contributed by atoms with Crippen molar-refractivity contribution < 1.29 is 9.32 Å². The molecule has 0 aromatic carbocycles. The molecule has 0 aliphatic rings. The van der Waals surface area contributed by atoms with Crippen LogP contribution in [0.1, 0.15) is 23.2 Å². The van der Waals surface area contributed by atoms with Crippen molar-refractivity contribution in [1.29, 1.82) is 0 Å². The lowest BCUT2D eigenvalue weighted by Gasteiger charge is -2.03. The van der Waals surface area contributed by atoms with Gasteiger partial charge in [-0.25, -0.2) is 4.98 Å². The van der Waals surface area contributed by atoms with Crippen molar-refractivity contribution in [2.45, 2.75) is 13.3 Å². The van der Waals surface area contributed by atoms with Crippen LogP contribution in [0.5, 0.6) is 0 Å². The van der Waals surface area contributed by atoms with E-state index in [9.17, 15) is 4.79 Å². The van der Waals surface area contributed by atoms with E-state index in [-0.39, 0.29) is 11.7 Å². The number of aromatic nitrogens is 6. The van der Waals surface area contributed by atoms with Crippen molar-refractivity contribution in [1.82, 2.24) is 29.9 Å². The van der Waals surface area contributed by atoms with Gasteiger partial charge in [-0.15, -0.1) is 10.2 Å². The summed E-state index contributed by atoms with van der Waals surface area (Å²) in [6.45, 7) is 1.89. The Morgan fingerprint density at radius 3 is 2.81 bits per heavy atom. The number of hydrogen-bond acceptors (Lipinski definition) is 7. The van der Waals surface area contributed by atoms with Crippen LogP contribution in [-0.4, -0.2) is 35.8 Å². The maximum Gasteiger partial charge on any atom is 0.328 e. The molecule has 21 heavy (non-hydrogen) atoms. The molecule has 1 N–H and O–H groups in total. The summed E-state index contributed by atoms with van der Waals surface area (Å²) in [5.41, 5.74) is 0.220. The molecule has 3 heterocycles. The zero-order chi connectivity index (χ0) is 14.7. The second kappa shape index (κ2) is 5.49. The number of hydrogen-bond donors (Lipinski definition) is 1. The van der Waals surface area contributed by atoms with E-state index >= 15 is 0 Å². The molecule has 3 rings (SSSR count). The van der Waals surface area contributed by atoms with Crippen LogP contribution < -0.4 is 5.32 Å². The first-order valence-corrected chi connectivity index (χ1v) is 6.22. The van der Waals surface area contributed by atoms with Crippen molar-refractivity contribution >= 4 is 11.9 Å². The summed E-state index contributed by atoms with van der Waals surface area (Å²) in [5.74, 6) is 0.625. The Labute approximate surface area is 119 Å². The van der Waals surface area contributed by atoms with Gasteiger partial charge in [0.1, 0.15) is 24.2 Å². The minimum Gasteiger partial charge on any atom is -0.315 e. The number of amides is 1. The average Bonchev–Trinajstić information content (AvgIpc) is 3.18. The van der Waals surface area contributed by atoms with Crippen LogP contribution in [-0.2, 0) is 6.42 Å². The van der Waals surface area contributed by atoms with Crippen LogP contribution in [0, 0.1) is 0 Å². The lowest BCUT2D eigenvalue weighted by atomic mass is 10.3. The first kappa shape index (κ1) is 12.9. The molecular formula is C12H11N7O2. The van der Waals surface area contributed by atoms with E-state index < -0.39 is 5.91 Å². The highest BCUT2D eigenvalue weighted by Crippen LogP contribution is 2.08. The zero-order valence-electron chi connectivity index (χ0n) is 11.1. The van der Waals surface area contributed by atoms with Crippen molar-refractivity contribution in [3.05, 3.63) is 42.4 Å². The molecule has 3 aromatic heterocycles. The Bertz CT molecular complexity index is 751. The molecule has 9 nitrogen and oxygen atoms in total. The highest BCUT2D eigenvalue weighted by molar-refractivity contribution is 6.01. The van der Waals surface area contributed by atoms with Gasteiger partial charge in [0.25, 0.3) is 5.91 Å². The van der Waals surface area contributed by atoms with E-state index in [4.69, 9.17) is 4.52 Å². The molecule has 3 aromatic rings. The summed E-state index contributed by atoms with van der Waals surface area (Å²) >= 11 is 0. The molecule has 0 fully saturated rings. The minimum atomic E-state index is -0.434. The van der Waals surface area contributed by atoms with Gasteiger partial charge in [-0.05, 0) is 12.1 Å². The Morgan fingerprint density at radius 1 is 1.29 bits per heavy atom. The molecular weight excluding hydrogens is 274 g/mol. The van der Waals surface area contributed by atoms with Gasteiger partial charge in [0, 0.05) is 6.42 Å². The average molecular weight is 285 g/mol. The first-order valence-electron chi connectivity index (χ1n) is 6.22. The van der Waals surface area contributed by atoms with Gasteiger partial charge in [0.05, 0.1) is 0 Å². The van der Waals surface area contributed by atoms with Crippen LogP contribution in [0.4, 0.5) is 6.01 Å². The van der Waals surface area contributed by atoms with Crippen LogP contribution in [0.15, 0.2) is 35.4 Å². The molecule has 0 bridgehead atoms. The van der Waals surface area contributed by atoms with E-state index in [1.54, 1.807) is 22.8 Å². The summed E-state index contributed by atoms with van der Waals surface area (Å²) in [5, 5.41) is 13.6. The molecule has 0 spiro atoms. The van der Waals surface area contributed by atoms with Crippen molar-refractivity contribution in [3.63, 3.8) is 0 Å². The highest BCUT2D eigenvalue weighted by Gasteiger charge is 2.13. The van der Waals surface area contributed by atoms with Gasteiger partial charge in [-0.1, -0.05) is 18.1 Å². The Kier molecular flexibility index (Phi) is 3.37. The fourth-order valence-electron chi connectivity index (χ4n) is 1.62. The van der Waals surface area contributed by atoms with E-state index in [0.29, 0.717) is 18.1 Å². The Balaban J connectivity index is 1.80. The van der Waals surface area contributed by atoms with Crippen LogP contribution in [0.25, 0.3) is 5.82 Å². The molecule has 0 aliphatic heterocycles. The van der Waals surface area contributed by atoms with Crippen LogP contribution in [0.2, 0.25) is 0 Å². The molecule has 0 atom stereocenters. The predicted octanol–water partition coefficient (Wildman–Crippen LogP) is 0.860. The van der Waals surface area contributed by atoms with Crippen molar-refractivity contribution in [2.24, 2.45) is 0 Å². The summed E-state index contributed by atoms with van der Waals surface area (Å²) in [7, 11) is 0. The number of rotatable bonds is 4. The molecule has 0 saturated carbocycles. The lowest BCUT2D eigenvalue weighted by molar-refractivity contribution is 0.101. The third-order valence-corrected chi connectivity index (χ3v) is 2.66. The second-order valence-corrected chi connectivity index (χ2v) is 4.07. The van der Waals surface area contributed by atoms with Crippen molar-refractivity contribution in [2.75, 3.05) is 5.32 Å². The minimum absolute atomic E-state index is 0.0494. The normalized spacial score (nSPS) is 10.5. The van der Waals surface area contributed by atoms with Gasteiger partial charge in [0.15, 0.2) is 5.82 Å². The van der Waals surface area contributed by atoms with E-state index in [1.807, 2.05) is 6.92 Å². The highest BCUT2D eigenvalue weighted by atomic mass is 16.5. The summed E-state index contributed by atoms with van der Waals surface area (Å²) < 4.78 is 6.50. The molecule has 0 unspecified atom stereocenters. The number of anilines is 1. The molecule has 106 valence electrons. The molecule has 0 radical (unpaired) electrons.